The number of alkyl halides is 3. The molecular formula is C12H12F4N2OS. The van der Waals surface area contributed by atoms with E-state index < -0.39 is 23.8 Å². The molecule has 0 aliphatic carbocycles. The number of urea groups is 1. The fourth-order valence-corrected chi connectivity index (χ4v) is 2.67. The van der Waals surface area contributed by atoms with Gasteiger partial charge in [0.15, 0.2) is 0 Å². The first-order valence-electron chi connectivity index (χ1n) is 5.83. The number of nitrogens with zero attached hydrogens (tertiary/aromatic N) is 1. The minimum atomic E-state index is -4.29. The molecule has 1 aliphatic heterocycles. The van der Waals surface area contributed by atoms with Crippen LogP contribution < -0.4 is 10.2 Å². The minimum Gasteiger partial charge on any atom is -0.336 e. The van der Waals surface area contributed by atoms with E-state index >= 15 is 0 Å². The molecule has 0 unspecified atom stereocenters. The van der Waals surface area contributed by atoms with E-state index in [9.17, 15) is 22.4 Å². The van der Waals surface area contributed by atoms with Crippen molar-refractivity contribution in [2.24, 2.45) is 0 Å². The normalized spacial score (nSPS) is 15.7. The SMILES string of the molecule is Cc1cc(F)c(N2CCNC2=O)cc1SCC(F)(F)F. The highest BCUT2D eigenvalue weighted by Crippen LogP contribution is 2.34. The number of aryl methyl sites for hydroxylation is 1. The van der Waals surface area contributed by atoms with Gasteiger partial charge in [0.05, 0.1) is 11.4 Å². The van der Waals surface area contributed by atoms with Crippen molar-refractivity contribution >= 4 is 23.5 Å². The van der Waals surface area contributed by atoms with Crippen LogP contribution >= 0.6 is 11.8 Å². The Hall–Kier alpha value is -1.44. The van der Waals surface area contributed by atoms with Gasteiger partial charge in [-0.2, -0.15) is 13.2 Å². The van der Waals surface area contributed by atoms with Gasteiger partial charge in [0.2, 0.25) is 0 Å². The third-order valence-electron chi connectivity index (χ3n) is 2.78. The van der Waals surface area contributed by atoms with Crippen LogP contribution in [-0.2, 0) is 0 Å². The highest BCUT2D eigenvalue weighted by molar-refractivity contribution is 7.99. The number of halogens is 4. The Kier molecular flexibility index (Phi) is 4.12. The molecular weight excluding hydrogens is 296 g/mol. The molecule has 1 fully saturated rings. The lowest BCUT2D eigenvalue weighted by Crippen LogP contribution is -2.28. The van der Waals surface area contributed by atoms with E-state index in [0.29, 0.717) is 35.3 Å². The van der Waals surface area contributed by atoms with Gasteiger partial charge in [-0.25, -0.2) is 9.18 Å². The molecule has 8 heteroatoms. The molecule has 1 heterocycles. The number of hydrogen-bond donors (Lipinski definition) is 1. The van der Waals surface area contributed by atoms with Crippen LogP contribution in [0.3, 0.4) is 0 Å². The number of hydrogen-bond acceptors (Lipinski definition) is 2. The van der Waals surface area contributed by atoms with Gasteiger partial charge < -0.3 is 5.32 Å². The number of benzene rings is 1. The summed E-state index contributed by atoms with van der Waals surface area (Å²) in [4.78, 5) is 13.0. The summed E-state index contributed by atoms with van der Waals surface area (Å²) in [6, 6.07) is 2.01. The first kappa shape index (κ1) is 15.0. The number of thioether (sulfide) groups is 1. The van der Waals surface area contributed by atoms with Crippen molar-refractivity contribution in [2.45, 2.75) is 18.0 Å². The summed E-state index contributed by atoms with van der Waals surface area (Å²) in [6.07, 6.45) is -4.29. The van der Waals surface area contributed by atoms with Gasteiger partial charge >= 0.3 is 12.2 Å². The van der Waals surface area contributed by atoms with Crippen molar-refractivity contribution in [3.63, 3.8) is 0 Å². The van der Waals surface area contributed by atoms with Gasteiger partial charge in [0.1, 0.15) is 5.82 Å². The number of rotatable bonds is 3. The minimum absolute atomic E-state index is 0.00951. The third-order valence-corrected chi connectivity index (χ3v) is 4.01. The Morgan fingerprint density at radius 3 is 2.65 bits per heavy atom. The van der Waals surface area contributed by atoms with Gasteiger partial charge in [-0.3, -0.25) is 4.90 Å². The van der Waals surface area contributed by atoms with Crippen LogP contribution in [0.1, 0.15) is 5.56 Å². The maximum absolute atomic E-state index is 13.9. The van der Waals surface area contributed by atoms with Crippen LogP contribution in [0.2, 0.25) is 0 Å². The van der Waals surface area contributed by atoms with E-state index in [1.54, 1.807) is 0 Å². The Morgan fingerprint density at radius 2 is 2.10 bits per heavy atom. The number of carbonyl (C=O) groups excluding carboxylic acids is 1. The molecule has 0 saturated carbocycles. The molecule has 1 aliphatic rings. The average Bonchev–Trinajstić information content (AvgIpc) is 2.73. The van der Waals surface area contributed by atoms with E-state index in [1.807, 2.05) is 0 Å². The zero-order valence-corrected chi connectivity index (χ0v) is 11.4. The van der Waals surface area contributed by atoms with Gasteiger partial charge in [-0.05, 0) is 24.6 Å². The second-order valence-electron chi connectivity index (χ2n) is 4.36. The Labute approximate surface area is 117 Å². The largest absolute Gasteiger partial charge is 0.398 e. The van der Waals surface area contributed by atoms with E-state index in [2.05, 4.69) is 5.32 Å². The quantitative estimate of drug-likeness (QED) is 0.686. The number of anilines is 1. The molecule has 0 aromatic heterocycles. The summed E-state index contributed by atoms with van der Waals surface area (Å²) in [5.74, 6) is -1.67. The Morgan fingerprint density at radius 1 is 1.40 bits per heavy atom. The molecule has 0 radical (unpaired) electrons. The monoisotopic (exact) mass is 308 g/mol. The molecule has 2 rings (SSSR count). The standard InChI is InChI=1S/C12H12F4N2OS/c1-7-4-8(13)9(18-3-2-17-11(18)19)5-10(7)20-6-12(14,15)16/h4-5H,2-3,6H2,1H3,(H,17,19). The number of carbonyl (C=O) groups is 1. The number of nitrogens with one attached hydrogen (secondary N) is 1. The van der Waals surface area contributed by atoms with Crippen molar-refractivity contribution < 1.29 is 22.4 Å². The Bertz CT molecular complexity index is 533. The summed E-state index contributed by atoms with van der Waals surface area (Å²) in [6.45, 7) is 2.22. The molecule has 0 atom stereocenters. The van der Waals surface area contributed by atoms with Crippen molar-refractivity contribution in [2.75, 3.05) is 23.7 Å². The zero-order valence-electron chi connectivity index (χ0n) is 10.6. The topological polar surface area (TPSA) is 32.3 Å². The average molecular weight is 308 g/mol. The highest BCUT2D eigenvalue weighted by Gasteiger charge is 2.29. The third kappa shape index (κ3) is 3.36. The van der Waals surface area contributed by atoms with Crippen molar-refractivity contribution in [3.05, 3.63) is 23.5 Å². The van der Waals surface area contributed by atoms with Crippen LogP contribution in [0, 0.1) is 12.7 Å². The van der Waals surface area contributed by atoms with Crippen LogP contribution in [0.15, 0.2) is 17.0 Å². The van der Waals surface area contributed by atoms with Crippen molar-refractivity contribution in [3.8, 4) is 0 Å². The predicted octanol–water partition coefficient (Wildman–Crippen LogP) is 3.32. The fraction of sp³-hybridized carbons (Fsp3) is 0.417. The van der Waals surface area contributed by atoms with Gasteiger partial charge in [0.25, 0.3) is 0 Å². The molecule has 3 nitrogen and oxygen atoms in total. The molecule has 0 bridgehead atoms. The predicted molar refractivity (Wildman–Crippen MR) is 68.7 cm³/mol. The molecule has 1 aromatic carbocycles. The molecule has 1 saturated heterocycles. The Balaban J connectivity index is 2.27. The summed E-state index contributed by atoms with van der Waals surface area (Å²) >= 11 is 0.587. The van der Waals surface area contributed by atoms with E-state index in [1.165, 1.54) is 17.9 Å². The van der Waals surface area contributed by atoms with Gasteiger partial charge in [-0.15, -0.1) is 11.8 Å². The smallest absolute Gasteiger partial charge is 0.336 e. The number of amides is 2. The summed E-state index contributed by atoms with van der Waals surface area (Å²) in [5, 5.41) is 2.52. The maximum atomic E-state index is 13.9. The first-order valence-corrected chi connectivity index (χ1v) is 6.81. The van der Waals surface area contributed by atoms with E-state index in [-0.39, 0.29) is 5.69 Å². The van der Waals surface area contributed by atoms with Crippen LogP contribution in [0.4, 0.5) is 28.0 Å². The van der Waals surface area contributed by atoms with Crippen LogP contribution in [0.25, 0.3) is 0 Å². The summed E-state index contributed by atoms with van der Waals surface area (Å²) in [5.41, 5.74) is 0.426. The van der Waals surface area contributed by atoms with E-state index in [0.717, 1.165) is 6.07 Å². The molecule has 1 N–H and O–H groups in total. The summed E-state index contributed by atoms with van der Waals surface area (Å²) in [7, 11) is 0. The summed E-state index contributed by atoms with van der Waals surface area (Å²) < 4.78 is 50.6. The fourth-order valence-electron chi connectivity index (χ4n) is 1.87. The lowest BCUT2D eigenvalue weighted by Gasteiger charge is -2.18. The van der Waals surface area contributed by atoms with Crippen LogP contribution in [-0.4, -0.2) is 31.0 Å². The highest BCUT2D eigenvalue weighted by atomic mass is 32.2. The zero-order chi connectivity index (χ0) is 14.9. The second kappa shape index (κ2) is 5.51. The lowest BCUT2D eigenvalue weighted by atomic mass is 10.2. The lowest BCUT2D eigenvalue weighted by molar-refractivity contribution is -0.105. The van der Waals surface area contributed by atoms with Gasteiger partial charge in [0, 0.05) is 18.0 Å². The molecule has 1 aromatic rings. The van der Waals surface area contributed by atoms with Crippen LogP contribution in [0.5, 0.6) is 0 Å². The first-order chi connectivity index (χ1) is 9.28. The van der Waals surface area contributed by atoms with Gasteiger partial charge in [-0.1, -0.05) is 0 Å². The molecule has 110 valence electrons. The van der Waals surface area contributed by atoms with Crippen molar-refractivity contribution in [1.29, 1.82) is 0 Å². The molecule has 2 amide bonds. The molecule has 0 spiro atoms. The second-order valence-corrected chi connectivity index (χ2v) is 5.37. The maximum Gasteiger partial charge on any atom is 0.398 e. The molecule has 20 heavy (non-hydrogen) atoms. The van der Waals surface area contributed by atoms with E-state index in [4.69, 9.17) is 0 Å². The van der Waals surface area contributed by atoms with Crippen molar-refractivity contribution in [1.82, 2.24) is 5.32 Å².